The Bertz CT molecular complexity index is 1840. The lowest BCUT2D eigenvalue weighted by Gasteiger charge is -2.08. The van der Waals surface area contributed by atoms with Crippen LogP contribution in [0.4, 0.5) is 0 Å². The van der Waals surface area contributed by atoms with Gasteiger partial charge in [0.25, 0.3) is 0 Å². The fourth-order valence-electron chi connectivity index (χ4n) is 4.48. The first-order valence-electron chi connectivity index (χ1n) is 11.8. The average molecular weight is 485 g/mol. The summed E-state index contributed by atoms with van der Waals surface area (Å²) >= 11 is 0. The van der Waals surface area contributed by atoms with Crippen LogP contribution < -0.4 is 4.74 Å². The summed E-state index contributed by atoms with van der Waals surface area (Å²) in [4.78, 5) is 17.0. The van der Waals surface area contributed by atoms with Crippen molar-refractivity contribution >= 4 is 21.9 Å². The molecule has 8 heteroatoms. The first-order chi connectivity index (χ1) is 18.3. The second kappa shape index (κ2) is 8.76. The molecule has 0 saturated carbocycles. The first kappa shape index (κ1) is 21.1. The number of furan rings is 1. The molecule has 0 radical (unpaired) electrons. The molecule has 0 amide bonds. The van der Waals surface area contributed by atoms with Gasteiger partial charge < -0.3 is 14.1 Å². The maximum atomic E-state index is 5.98. The van der Waals surface area contributed by atoms with Crippen molar-refractivity contribution in [3.63, 3.8) is 0 Å². The van der Waals surface area contributed by atoms with Crippen LogP contribution in [0.25, 0.3) is 55.7 Å². The lowest BCUT2D eigenvalue weighted by Crippen LogP contribution is -1.96. The van der Waals surface area contributed by atoms with E-state index in [1.54, 1.807) is 31.1 Å². The second-order valence-electron chi connectivity index (χ2n) is 8.69. The van der Waals surface area contributed by atoms with Crippen LogP contribution in [0.3, 0.4) is 0 Å². The number of nitrogens with zero attached hydrogens (tertiary/aromatic N) is 4. The van der Waals surface area contributed by atoms with E-state index in [4.69, 9.17) is 9.15 Å². The van der Waals surface area contributed by atoms with E-state index in [0.29, 0.717) is 18.0 Å². The maximum absolute atomic E-state index is 5.98. The van der Waals surface area contributed by atoms with Gasteiger partial charge in [-0.2, -0.15) is 5.10 Å². The van der Waals surface area contributed by atoms with Crippen molar-refractivity contribution in [3.8, 4) is 39.5 Å². The molecule has 0 atom stereocenters. The number of hydrogen-bond donors (Lipinski definition) is 2. The van der Waals surface area contributed by atoms with Crippen molar-refractivity contribution < 1.29 is 9.15 Å². The minimum atomic E-state index is 0.477. The summed E-state index contributed by atoms with van der Waals surface area (Å²) in [6.07, 6.45) is 10.5. The summed E-state index contributed by atoms with van der Waals surface area (Å²) in [6, 6.07) is 20.0. The Balaban J connectivity index is 1.24. The number of nitrogens with one attached hydrogen (secondary N) is 2. The molecule has 2 N–H and O–H groups in total. The zero-order valence-electron chi connectivity index (χ0n) is 19.6. The molecule has 7 rings (SSSR count). The summed E-state index contributed by atoms with van der Waals surface area (Å²) in [5.74, 6) is 0.698. The highest BCUT2D eigenvalue weighted by Crippen LogP contribution is 2.34. The third-order valence-electron chi connectivity index (χ3n) is 6.32. The summed E-state index contributed by atoms with van der Waals surface area (Å²) in [5.41, 5.74) is 8.07. The zero-order chi connectivity index (χ0) is 24.6. The number of rotatable bonds is 6. The van der Waals surface area contributed by atoms with Gasteiger partial charge in [-0.25, -0.2) is 4.98 Å². The Morgan fingerprint density at radius 1 is 0.838 bits per heavy atom. The number of aromatic nitrogens is 6. The Morgan fingerprint density at radius 2 is 1.76 bits per heavy atom. The quantitative estimate of drug-likeness (QED) is 0.283. The SMILES string of the molecule is c1ccc(COc2cncc(-c3cnc4n[nH]c(-c5cc6c(-c7ccoc7)nccc6[nH]5)c4c3)c2)cc1. The Morgan fingerprint density at radius 3 is 2.65 bits per heavy atom. The number of pyridine rings is 3. The summed E-state index contributed by atoms with van der Waals surface area (Å²) in [6.45, 7) is 0.477. The Hall–Kier alpha value is -5.24. The topological polar surface area (TPSA) is 106 Å². The van der Waals surface area contributed by atoms with Gasteiger partial charge in [0, 0.05) is 51.6 Å². The molecule has 0 bridgehead atoms. The van der Waals surface area contributed by atoms with Crippen LogP contribution in [0.2, 0.25) is 0 Å². The fourth-order valence-corrected chi connectivity index (χ4v) is 4.48. The zero-order valence-corrected chi connectivity index (χ0v) is 19.6. The molecule has 37 heavy (non-hydrogen) atoms. The van der Waals surface area contributed by atoms with Crippen molar-refractivity contribution in [2.24, 2.45) is 0 Å². The molecule has 0 spiro atoms. The van der Waals surface area contributed by atoms with E-state index in [9.17, 15) is 0 Å². The van der Waals surface area contributed by atoms with Crippen molar-refractivity contribution in [1.29, 1.82) is 0 Å². The van der Waals surface area contributed by atoms with E-state index >= 15 is 0 Å². The molecule has 1 aromatic carbocycles. The van der Waals surface area contributed by atoms with E-state index in [0.717, 1.165) is 55.6 Å². The smallest absolute Gasteiger partial charge is 0.181 e. The largest absolute Gasteiger partial charge is 0.487 e. The highest BCUT2D eigenvalue weighted by Gasteiger charge is 2.16. The van der Waals surface area contributed by atoms with Gasteiger partial charge in [0.15, 0.2) is 5.65 Å². The lowest BCUT2D eigenvalue weighted by molar-refractivity contribution is 0.305. The van der Waals surface area contributed by atoms with Gasteiger partial charge in [-0.15, -0.1) is 0 Å². The van der Waals surface area contributed by atoms with Crippen LogP contribution in [0.1, 0.15) is 5.56 Å². The van der Waals surface area contributed by atoms with Gasteiger partial charge in [0.05, 0.1) is 35.8 Å². The molecule has 7 aromatic rings. The number of hydrogen-bond acceptors (Lipinski definition) is 6. The van der Waals surface area contributed by atoms with Gasteiger partial charge in [-0.3, -0.25) is 15.1 Å². The number of ether oxygens (including phenoxy) is 1. The van der Waals surface area contributed by atoms with Crippen molar-refractivity contribution in [2.75, 3.05) is 0 Å². The van der Waals surface area contributed by atoms with Crippen molar-refractivity contribution in [3.05, 3.63) is 104 Å². The van der Waals surface area contributed by atoms with Crippen molar-refractivity contribution in [2.45, 2.75) is 6.61 Å². The van der Waals surface area contributed by atoms with Gasteiger partial charge >= 0.3 is 0 Å². The molecule has 178 valence electrons. The molecule has 0 fully saturated rings. The summed E-state index contributed by atoms with van der Waals surface area (Å²) < 4.78 is 11.2. The molecule has 0 aliphatic rings. The molecule has 6 aromatic heterocycles. The predicted molar refractivity (Wildman–Crippen MR) is 141 cm³/mol. The standard InChI is InChI=1S/C29H20N6O2/c1-2-4-18(5-3-1)16-37-22-10-20(13-30-15-22)21-11-24-28(34-35-29(24)32-14-21)26-12-23-25(33-26)6-8-31-27(23)19-7-9-36-17-19/h1-15,17,33H,16H2,(H,32,34,35). The van der Waals surface area contributed by atoms with E-state index in [-0.39, 0.29) is 0 Å². The first-order valence-corrected chi connectivity index (χ1v) is 11.8. The van der Waals surface area contributed by atoms with Crippen LogP contribution in [0.5, 0.6) is 5.75 Å². The normalized spacial score (nSPS) is 11.4. The number of aromatic amines is 2. The fraction of sp³-hybridized carbons (Fsp3) is 0.0345. The minimum absolute atomic E-state index is 0.477. The Kier molecular flexibility index (Phi) is 4.99. The molecular weight excluding hydrogens is 464 g/mol. The average Bonchev–Trinajstić information content (AvgIpc) is 3.71. The third-order valence-corrected chi connectivity index (χ3v) is 6.32. The van der Waals surface area contributed by atoms with Gasteiger partial charge in [0.2, 0.25) is 0 Å². The molecule has 0 aliphatic carbocycles. The van der Waals surface area contributed by atoms with Gasteiger partial charge in [-0.1, -0.05) is 30.3 Å². The van der Waals surface area contributed by atoms with Crippen LogP contribution in [-0.2, 0) is 6.61 Å². The molecule has 0 saturated heterocycles. The highest BCUT2D eigenvalue weighted by atomic mass is 16.5. The Labute approximate surface area is 211 Å². The highest BCUT2D eigenvalue weighted by molar-refractivity contribution is 5.99. The van der Waals surface area contributed by atoms with E-state index in [1.165, 1.54) is 0 Å². The lowest BCUT2D eigenvalue weighted by atomic mass is 10.1. The minimum Gasteiger partial charge on any atom is -0.487 e. The summed E-state index contributed by atoms with van der Waals surface area (Å²) in [7, 11) is 0. The summed E-state index contributed by atoms with van der Waals surface area (Å²) in [5, 5.41) is 9.48. The molecule has 6 heterocycles. The van der Waals surface area contributed by atoms with Gasteiger partial charge in [0.1, 0.15) is 12.4 Å². The van der Waals surface area contributed by atoms with E-state index < -0.39 is 0 Å². The van der Waals surface area contributed by atoms with Crippen molar-refractivity contribution in [1.82, 2.24) is 30.1 Å². The van der Waals surface area contributed by atoms with E-state index in [2.05, 4.69) is 42.3 Å². The number of benzene rings is 1. The van der Waals surface area contributed by atoms with Crippen LogP contribution in [0, 0.1) is 0 Å². The number of fused-ring (bicyclic) bond motifs is 2. The molecular formula is C29H20N6O2. The maximum Gasteiger partial charge on any atom is 0.181 e. The van der Waals surface area contributed by atoms with Crippen LogP contribution >= 0.6 is 0 Å². The number of H-pyrrole nitrogens is 2. The molecule has 8 nitrogen and oxygen atoms in total. The van der Waals surface area contributed by atoms with Gasteiger partial charge in [-0.05, 0) is 35.9 Å². The molecule has 0 unspecified atom stereocenters. The van der Waals surface area contributed by atoms with Crippen LogP contribution in [0.15, 0.2) is 102 Å². The molecule has 0 aliphatic heterocycles. The third kappa shape index (κ3) is 3.90. The second-order valence-corrected chi connectivity index (χ2v) is 8.69. The van der Waals surface area contributed by atoms with Crippen LogP contribution in [-0.4, -0.2) is 30.1 Å². The predicted octanol–water partition coefficient (Wildman–Crippen LogP) is 6.40. The monoisotopic (exact) mass is 484 g/mol. The van der Waals surface area contributed by atoms with E-state index in [1.807, 2.05) is 54.7 Å².